The van der Waals surface area contributed by atoms with Crippen LogP contribution in [0.4, 0.5) is 16.3 Å². The van der Waals surface area contributed by atoms with E-state index in [0.717, 1.165) is 19.3 Å². The summed E-state index contributed by atoms with van der Waals surface area (Å²) in [4.78, 5) is 43.7. The molecule has 8 nitrogen and oxygen atoms in total. The van der Waals surface area contributed by atoms with Crippen molar-refractivity contribution in [3.63, 3.8) is 0 Å². The topological polar surface area (TPSA) is 112 Å². The van der Waals surface area contributed by atoms with E-state index < -0.39 is 12.0 Å². The second-order valence-electron chi connectivity index (χ2n) is 10.2. The molecule has 1 heterocycles. The Hall–Kier alpha value is -4.98. The van der Waals surface area contributed by atoms with E-state index in [9.17, 15) is 19.5 Å². The van der Waals surface area contributed by atoms with Crippen molar-refractivity contribution in [2.75, 3.05) is 23.3 Å². The highest BCUT2D eigenvalue weighted by Crippen LogP contribution is 2.39. The van der Waals surface area contributed by atoms with Gasteiger partial charge in [-0.25, -0.2) is 14.6 Å². The van der Waals surface area contributed by atoms with Crippen LogP contribution in [-0.4, -0.2) is 41.1 Å². The number of rotatable bonds is 9. The number of carbonyl (C=O) groups excluding carboxylic acids is 2. The van der Waals surface area contributed by atoms with Crippen LogP contribution in [0.2, 0.25) is 0 Å². The Morgan fingerprint density at radius 2 is 1.68 bits per heavy atom. The summed E-state index contributed by atoms with van der Waals surface area (Å²) in [5, 5.41) is 14.4. The molecule has 2 atom stereocenters. The molecule has 0 saturated heterocycles. The smallest absolute Gasteiger partial charge is 0.335 e. The molecule has 5 rings (SSSR count). The number of hydrogen-bond donors (Lipinski definition) is 3. The maximum Gasteiger partial charge on any atom is 0.335 e. The summed E-state index contributed by atoms with van der Waals surface area (Å²) in [7, 11) is 0. The highest BCUT2D eigenvalue weighted by Gasteiger charge is 2.33. The first kappa shape index (κ1) is 27.6. The number of carboxylic acids is 1. The number of pyridine rings is 1. The second kappa shape index (κ2) is 12.9. The lowest BCUT2D eigenvalue weighted by Gasteiger charge is -2.37. The van der Waals surface area contributed by atoms with Crippen molar-refractivity contribution in [1.82, 2.24) is 10.3 Å². The van der Waals surface area contributed by atoms with Crippen molar-refractivity contribution in [2.24, 2.45) is 5.92 Å². The van der Waals surface area contributed by atoms with Gasteiger partial charge >= 0.3 is 12.0 Å². The SMILES string of the molecule is O=C(NCC(=O)N(C[C@@H]1c2ccccc2CC[C@H]1Cc1ccccc1)c1ccccn1)Nc1cccc(C(=O)O)c1. The lowest BCUT2D eigenvalue weighted by Crippen LogP contribution is -2.45. The lowest BCUT2D eigenvalue weighted by atomic mass is 9.72. The van der Waals surface area contributed by atoms with Crippen LogP contribution < -0.4 is 15.5 Å². The first-order chi connectivity index (χ1) is 20.0. The molecule has 3 amide bonds. The Morgan fingerprint density at radius 3 is 2.46 bits per heavy atom. The Bertz CT molecular complexity index is 1510. The molecule has 1 aliphatic carbocycles. The largest absolute Gasteiger partial charge is 0.478 e. The molecule has 0 spiro atoms. The highest BCUT2D eigenvalue weighted by molar-refractivity contribution is 5.98. The average molecular weight is 549 g/mol. The lowest BCUT2D eigenvalue weighted by molar-refractivity contribution is -0.117. The van der Waals surface area contributed by atoms with Crippen molar-refractivity contribution < 1.29 is 19.5 Å². The number of aromatic nitrogens is 1. The third kappa shape index (κ3) is 6.97. The number of fused-ring (bicyclic) bond motifs is 1. The summed E-state index contributed by atoms with van der Waals surface area (Å²) < 4.78 is 0. The standard InChI is InChI=1S/C33H32N4O4/c38-31(21-35-33(41)36-27-13-8-12-26(20-27)32(39)40)37(30-15-6-7-18-34-30)22-29-25(19-23-9-2-1-3-10-23)17-16-24-11-4-5-14-28(24)29/h1-15,18,20,25,29H,16-17,19,21-22H2,(H,39,40)(H2,35,36,41)/t25-,29-/m0/s1. The van der Waals surface area contributed by atoms with Crippen LogP contribution in [0.1, 0.15) is 39.4 Å². The zero-order valence-corrected chi connectivity index (χ0v) is 22.6. The first-order valence-electron chi connectivity index (χ1n) is 13.7. The van der Waals surface area contributed by atoms with E-state index in [0.29, 0.717) is 24.0 Å². The number of amides is 3. The first-order valence-corrected chi connectivity index (χ1v) is 13.7. The van der Waals surface area contributed by atoms with Gasteiger partial charge in [0.25, 0.3) is 0 Å². The Labute approximate surface area is 239 Å². The van der Waals surface area contributed by atoms with Gasteiger partial charge < -0.3 is 15.7 Å². The molecule has 0 aliphatic heterocycles. The fourth-order valence-corrected chi connectivity index (χ4v) is 5.52. The Kier molecular flexibility index (Phi) is 8.69. The molecule has 41 heavy (non-hydrogen) atoms. The van der Waals surface area contributed by atoms with Gasteiger partial charge in [-0.1, -0.05) is 66.7 Å². The molecule has 0 bridgehead atoms. The molecule has 0 saturated carbocycles. The Morgan fingerprint density at radius 1 is 0.902 bits per heavy atom. The number of hydrogen-bond acceptors (Lipinski definition) is 4. The number of urea groups is 1. The van der Waals surface area contributed by atoms with Gasteiger partial charge in [0, 0.05) is 24.3 Å². The van der Waals surface area contributed by atoms with Crippen LogP contribution in [0.3, 0.4) is 0 Å². The van der Waals surface area contributed by atoms with Crippen LogP contribution in [0.25, 0.3) is 0 Å². The van der Waals surface area contributed by atoms with Gasteiger partial charge in [-0.15, -0.1) is 0 Å². The van der Waals surface area contributed by atoms with Gasteiger partial charge in [0.05, 0.1) is 12.1 Å². The predicted octanol–water partition coefficient (Wildman–Crippen LogP) is 5.52. The molecule has 0 fully saturated rings. The predicted molar refractivity (Wildman–Crippen MR) is 158 cm³/mol. The number of carbonyl (C=O) groups is 3. The maximum atomic E-state index is 13.7. The van der Waals surface area contributed by atoms with E-state index in [1.807, 2.05) is 12.1 Å². The quantitative estimate of drug-likeness (QED) is 0.255. The van der Waals surface area contributed by atoms with Crippen LogP contribution in [0, 0.1) is 5.92 Å². The monoisotopic (exact) mass is 548 g/mol. The van der Waals surface area contributed by atoms with E-state index in [4.69, 9.17) is 0 Å². The second-order valence-corrected chi connectivity index (χ2v) is 10.2. The van der Waals surface area contributed by atoms with Gasteiger partial charge in [-0.3, -0.25) is 9.69 Å². The number of benzene rings is 3. The zero-order valence-electron chi connectivity index (χ0n) is 22.6. The van der Waals surface area contributed by atoms with Gasteiger partial charge in [0.1, 0.15) is 5.82 Å². The van der Waals surface area contributed by atoms with Crippen LogP contribution in [0.15, 0.2) is 103 Å². The molecule has 1 aliphatic rings. The highest BCUT2D eigenvalue weighted by atomic mass is 16.4. The summed E-state index contributed by atoms with van der Waals surface area (Å²) in [5.41, 5.74) is 4.19. The summed E-state index contributed by atoms with van der Waals surface area (Å²) in [5.74, 6) is -0.456. The van der Waals surface area contributed by atoms with Crippen molar-refractivity contribution in [1.29, 1.82) is 0 Å². The zero-order chi connectivity index (χ0) is 28.6. The van der Waals surface area contributed by atoms with Crippen LogP contribution >= 0.6 is 0 Å². The average Bonchev–Trinajstić information content (AvgIpc) is 3.00. The van der Waals surface area contributed by atoms with E-state index in [2.05, 4.69) is 64.1 Å². The van der Waals surface area contributed by atoms with Crippen molar-refractivity contribution >= 4 is 29.4 Å². The summed E-state index contributed by atoms with van der Waals surface area (Å²) >= 11 is 0. The normalized spacial score (nSPS) is 15.8. The molecule has 4 aromatic rings. The number of carboxylic acid groups (broad SMARTS) is 1. The third-order valence-electron chi connectivity index (χ3n) is 7.52. The molecule has 8 heteroatoms. The van der Waals surface area contributed by atoms with Crippen molar-refractivity contribution in [3.05, 3.63) is 126 Å². The fraction of sp³-hybridized carbons (Fsp3) is 0.212. The van der Waals surface area contributed by atoms with Gasteiger partial charge in [-0.2, -0.15) is 0 Å². The molecular weight excluding hydrogens is 516 g/mol. The van der Waals surface area contributed by atoms with E-state index in [1.165, 1.54) is 28.8 Å². The van der Waals surface area contributed by atoms with E-state index >= 15 is 0 Å². The number of nitrogens with zero attached hydrogens (tertiary/aromatic N) is 2. The van der Waals surface area contributed by atoms with Crippen molar-refractivity contribution in [3.8, 4) is 0 Å². The molecule has 0 unspecified atom stereocenters. The van der Waals surface area contributed by atoms with Crippen LogP contribution in [0.5, 0.6) is 0 Å². The summed E-state index contributed by atoms with van der Waals surface area (Å²) in [6.07, 6.45) is 4.56. The minimum Gasteiger partial charge on any atom is -0.478 e. The number of nitrogens with one attached hydrogen (secondary N) is 2. The summed E-state index contributed by atoms with van der Waals surface area (Å²) in [6.45, 7) is 0.174. The molecule has 1 aromatic heterocycles. The summed E-state index contributed by atoms with van der Waals surface area (Å²) in [6, 6.07) is 29.6. The van der Waals surface area contributed by atoms with Gasteiger partial charge in [0.15, 0.2) is 0 Å². The van der Waals surface area contributed by atoms with Crippen molar-refractivity contribution in [2.45, 2.75) is 25.2 Å². The van der Waals surface area contributed by atoms with Gasteiger partial charge in [0.2, 0.25) is 5.91 Å². The fourth-order valence-electron chi connectivity index (χ4n) is 5.52. The third-order valence-corrected chi connectivity index (χ3v) is 7.52. The van der Waals surface area contributed by atoms with E-state index in [-0.39, 0.29) is 23.9 Å². The molecule has 3 aromatic carbocycles. The Balaban J connectivity index is 1.35. The molecule has 208 valence electrons. The van der Waals surface area contributed by atoms with Crippen LogP contribution in [-0.2, 0) is 17.6 Å². The maximum absolute atomic E-state index is 13.7. The minimum atomic E-state index is -1.09. The molecule has 3 N–H and O–H groups in total. The van der Waals surface area contributed by atoms with Gasteiger partial charge in [-0.05, 0) is 72.2 Å². The number of anilines is 2. The number of aryl methyl sites for hydroxylation is 1. The number of aromatic carboxylic acids is 1. The molecule has 0 radical (unpaired) electrons. The van der Waals surface area contributed by atoms with E-state index in [1.54, 1.807) is 35.4 Å². The minimum absolute atomic E-state index is 0.0537. The molecular formula is C33H32N4O4.